The highest BCUT2D eigenvalue weighted by Gasteiger charge is 1.93. The smallest absolute Gasteiger partial charge is 0.193 e. The fourth-order valence-electron chi connectivity index (χ4n) is 0.980. The first-order valence-electron chi connectivity index (χ1n) is 4.47. The molecule has 0 saturated carbocycles. The van der Waals surface area contributed by atoms with Crippen LogP contribution in [0.25, 0.3) is 0 Å². The molecule has 0 bridgehead atoms. The fourth-order valence-corrected chi connectivity index (χ4v) is 1.46. The van der Waals surface area contributed by atoms with E-state index in [1.54, 1.807) is 6.20 Å². The highest BCUT2D eigenvalue weighted by atomic mass is 32.1. The molecule has 0 aliphatic carbocycles. The molecule has 0 atom stereocenters. The van der Waals surface area contributed by atoms with Gasteiger partial charge in [0.25, 0.3) is 0 Å². The first kappa shape index (κ1) is 9.52. The number of hydrogen-bond acceptors (Lipinski definition) is 3. The van der Waals surface area contributed by atoms with Gasteiger partial charge in [-0.25, -0.2) is 0 Å². The molecule has 12 heavy (non-hydrogen) atoms. The zero-order chi connectivity index (χ0) is 8.65. The normalized spacial score (nSPS) is 10.1. The van der Waals surface area contributed by atoms with E-state index < -0.39 is 0 Å². The maximum atomic E-state index is 5.45. The van der Waals surface area contributed by atoms with Crippen LogP contribution >= 0.6 is 11.5 Å². The van der Waals surface area contributed by atoms with E-state index in [0.717, 1.165) is 18.1 Å². The summed E-state index contributed by atoms with van der Waals surface area (Å²) in [5.74, 6) is 0. The third-order valence-corrected chi connectivity index (χ3v) is 2.32. The van der Waals surface area contributed by atoms with E-state index in [2.05, 4.69) is 11.3 Å². The first-order chi connectivity index (χ1) is 5.93. The molecule has 1 heterocycles. The molecule has 0 aliphatic rings. The van der Waals surface area contributed by atoms with Crippen LogP contribution in [-0.2, 0) is 0 Å². The van der Waals surface area contributed by atoms with Gasteiger partial charge in [-0.05, 0) is 6.42 Å². The lowest BCUT2D eigenvalue weighted by molar-refractivity contribution is 0.313. The van der Waals surface area contributed by atoms with Crippen molar-refractivity contribution in [3.8, 4) is 5.06 Å². The predicted molar refractivity (Wildman–Crippen MR) is 51.8 cm³/mol. The van der Waals surface area contributed by atoms with Gasteiger partial charge < -0.3 is 4.74 Å². The minimum absolute atomic E-state index is 0.836. The monoisotopic (exact) mass is 185 g/mol. The van der Waals surface area contributed by atoms with Gasteiger partial charge in [-0.2, -0.15) is 4.37 Å². The van der Waals surface area contributed by atoms with Gasteiger partial charge in [0.1, 0.15) is 0 Å². The van der Waals surface area contributed by atoms with Crippen molar-refractivity contribution < 1.29 is 4.74 Å². The van der Waals surface area contributed by atoms with Crippen molar-refractivity contribution in [3.63, 3.8) is 0 Å². The van der Waals surface area contributed by atoms with E-state index in [0.29, 0.717) is 0 Å². The molecule has 0 spiro atoms. The van der Waals surface area contributed by atoms with Crippen molar-refractivity contribution in [3.05, 3.63) is 12.3 Å². The van der Waals surface area contributed by atoms with Gasteiger partial charge in [0.2, 0.25) is 0 Å². The average Bonchev–Trinajstić information content (AvgIpc) is 2.57. The van der Waals surface area contributed by atoms with Gasteiger partial charge in [0.15, 0.2) is 5.06 Å². The first-order valence-corrected chi connectivity index (χ1v) is 5.24. The summed E-state index contributed by atoms with van der Waals surface area (Å²) in [4.78, 5) is 0. The Morgan fingerprint density at radius 1 is 1.42 bits per heavy atom. The van der Waals surface area contributed by atoms with Crippen molar-refractivity contribution in [1.29, 1.82) is 0 Å². The standard InChI is InChI=1S/C9H15NOS/c1-2-3-4-5-8-11-9-6-7-10-12-9/h6-7H,2-5,8H2,1H3. The van der Waals surface area contributed by atoms with Crippen LogP contribution in [-0.4, -0.2) is 11.0 Å². The summed E-state index contributed by atoms with van der Waals surface area (Å²) in [5, 5.41) is 0.937. The molecule has 1 rings (SSSR count). The largest absolute Gasteiger partial charge is 0.483 e. The van der Waals surface area contributed by atoms with Gasteiger partial charge in [-0.3, -0.25) is 0 Å². The molecule has 0 aromatic carbocycles. The molecule has 0 fully saturated rings. The Bertz CT molecular complexity index is 186. The summed E-state index contributed by atoms with van der Waals surface area (Å²) in [6.07, 6.45) is 6.79. The molecule has 0 aliphatic heterocycles. The summed E-state index contributed by atoms with van der Waals surface area (Å²) in [5.41, 5.74) is 0. The molecule has 0 unspecified atom stereocenters. The second-order valence-electron chi connectivity index (χ2n) is 2.74. The second-order valence-corrected chi connectivity index (χ2v) is 3.54. The molecule has 0 N–H and O–H groups in total. The Morgan fingerprint density at radius 3 is 3.00 bits per heavy atom. The van der Waals surface area contributed by atoms with Crippen LogP contribution in [0.3, 0.4) is 0 Å². The minimum Gasteiger partial charge on any atom is -0.483 e. The minimum atomic E-state index is 0.836. The van der Waals surface area contributed by atoms with Crippen LogP contribution in [0.2, 0.25) is 0 Å². The van der Waals surface area contributed by atoms with Gasteiger partial charge >= 0.3 is 0 Å². The van der Waals surface area contributed by atoms with Crippen molar-refractivity contribution in [2.45, 2.75) is 32.6 Å². The van der Waals surface area contributed by atoms with Crippen LogP contribution in [0, 0.1) is 0 Å². The van der Waals surface area contributed by atoms with Gasteiger partial charge in [0.05, 0.1) is 6.61 Å². The van der Waals surface area contributed by atoms with Crippen LogP contribution in [0.4, 0.5) is 0 Å². The van der Waals surface area contributed by atoms with Gasteiger partial charge in [-0.1, -0.05) is 26.2 Å². The Morgan fingerprint density at radius 2 is 2.33 bits per heavy atom. The molecular weight excluding hydrogens is 170 g/mol. The second kappa shape index (κ2) is 6.00. The van der Waals surface area contributed by atoms with E-state index in [1.165, 1.54) is 30.8 Å². The lowest BCUT2D eigenvalue weighted by atomic mass is 10.2. The van der Waals surface area contributed by atoms with Crippen LogP contribution in [0.15, 0.2) is 12.3 Å². The Labute approximate surface area is 77.7 Å². The maximum Gasteiger partial charge on any atom is 0.193 e. The van der Waals surface area contributed by atoms with Crippen molar-refractivity contribution >= 4 is 11.5 Å². The van der Waals surface area contributed by atoms with E-state index in [4.69, 9.17) is 4.74 Å². The Kier molecular flexibility index (Phi) is 4.76. The van der Waals surface area contributed by atoms with E-state index in [9.17, 15) is 0 Å². The molecule has 0 amide bonds. The third kappa shape index (κ3) is 3.72. The third-order valence-electron chi connectivity index (χ3n) is 1.66. The summed E-state index contributed by atoms with van der Waals surface area (Å²) in [6, 6.07) is 1.91. The van der Waals surface area contributed by atoms with Gasteiger partial charge in [-0.15, -0.1) is 0 Å². The molecule has 3 heteroatoms. The van der Waals surface area contributed by atoms with Crippen molar-refractivity contribution in [2.75, 3.05) is 6.61 Å². The number of aromatic nitrogens is 1. The zero-order valence-corrected chi connectivity index (χ0v) is 8.27. The highest BCUT2D eigenvalue weighted by molar-refractivity contribution is 7.07. The predicted octanol–water partition coefficient (Wildman–Crippen LogP) is 3.10. The summed E-state index contributed by atoms with van der Waals surface area (Å²) < 4.78 is 9.40. The quantitative estimate of drug-likeness (QED) is 0.635. The highest BCUT2D eigenvalue weighted by Crippen LogP contribution is 2.15. The van der Waals surface area contributed by atoms with E-state index in [1.807, 2.05) is 6.07 Å². The Balaban J connectivity index is 1.96. The zero-order valence-electron chi connectivity index (χ0n) is 7.45. The van der Waals surface area contributed by atoms with E-state index >= 15 is 0 Å². The molecular formula is C9H15NOS. The van der Waals surface area contributed by atoms with Crippen LogP contribution < -0.4 is 4.74 Å². The summed E-state index contributed by atoms with van der Waals surface area (Å²) in [6.45, 7) is 3.05. The van der Waals surface area contributed by atoms with Crippen molar-refractivity contribution in [2.24, 2.45) is 0 Å². The number of rotatable bonds is 6. The van der Waals surface area contributed by atoms with Gasteiger partial charge in [0, 0.05) is 23.8 Å². The van der Waals surface area contributed by atoms with Crippen LogP contribution in [0.1, 0.15) is 32.6 Å². The topological polar surface area (TPSA) is 22.1 Å². The maximum absolute atomic E-state index is 5.45. The molecule has 0 saturated heterocycles. The average molecular weight is 185 g/mol. The molecule has 1 aromatic heterocycles. The molecule has 1 aromatic rings. The fraction of sp³-hybridized carbons (Fsp3) is 0.667. The lowest BCUT2D eigenvalue weighted by Gasteiger charge is -2.00. The lowest BCUT2D eigenvalue weighted by Crippen LogP contribution is -1.94. The summed E-state index contributed by atoms with van der Waals surface area (Å²) in [7, 11) is 0. The molecule has 0 radical (unpaired) electrons. The summed E-state index contributed by atoms with van der Waals surface area (Å²) >= 11 is 1.41. The van der Waals surface area contributed by atoms with Crippen molar-refractivity contribution in [1.82, 2.24) is 4.37 Å². The number of nitrogens with zero attached hydrogens (tertiary/aromatic N) is 1. The van der Waals surface area contributed by atoms with E-state index in [-0.39, 0.29) is 0 Å². The molecule has 68 valence electrons. The number of unbranched alkanes of at least 4 members (excludes halogenated alkanes) is 3. The number of hydrogen-bond donors (Lipinski definition) is 0. The Hall–Kier alpha value is -0.570. The van der Waals surface area contributed by atoms with Crippen LogP contribution in [0.5, 0.6) is 5.06 Å². The SMILES string of the molecule is CCCCCCOc1ccns1. The molecule has 2 nitrogen and oxygen atoms in total. The number of ether oxygens (including phenoxy) is 1.